The molecule has 1 aliphatic carbocycles. The molecule has 0 aliphatic heterocycles. The second kappa shape index (κ2) is 6.80. The Kier molecular flexibility index (Phi) is 5.34. The van der Waals surface area contributed by atoms with Crippen molar-refractivity contribution in [3.05, 3.63) is 29.8 Å². The molecule has 1 aliphatic rings. The molecule has 2 amide bonds. The quantitative estimate of drug-likeness (QED) is 0.788. The van der Waals surface area contributed by atoms with E-state index in [2.05, 4.69) is 5.32 Å². The molecule has 132 valence electrons. The van der Waals surface area contributed by atoms with Crippen LogP contribution in [0.3, 0.4) is 0 Å². The maximum absolute atomic E-state index is 12.5. The van der Waals surface area contributed by atoms with Gasteiger partial charge in [0.1, 0.15) is 4.33 Å². The Morgan fingerprint density at radius 2 is 2.00 bits per heavy atom. The largest absolute Gasteiger partial charge is 0.471 e. The molecule has 1 unspecified atom stereocenters. The van der Waals surface area contributed by atoms with Gasteiger partial charge in [0.25, 0.3) is 0 Å². The molecule has 0 saturated heterocycles. The molecule has 0 spiro atoms. The third-order valence-corrected chi connectivity index (χ3v) is 4.46. The van der Waals surface area contributed by atoms with Crippen LogP contribution in [-0.2, 0) is 16.1 Å². The molecule has 1 aromatic rings. The van der Waals surface area contributed by atoms with Crippen molar-refractivity contribution in [2.24, 2.45) is 5.92 Å². The summed E-state index contributed by atoms with van der Waals surface area (Å²) in [4.78, 5) is 23.9. The van der Waals surface area contributed by atoms with Gasteiger partial charge in [-0.2, -0.15) is 13.2 Å². The molecule has 24 heavy (non-hydrogen) atoms. The molecule has 4 nitrogen and oxygen atoms in total. The third-order valence-electron chi connectivity index (χ3n) is 3.62. The third kappa shape index (κ3) is 4.54. The number of nitrogens with zero attached hydrogens (tertiary/aromatic N) is 1. The van der Waals surface area contributed by atoms with Crippen molar-refractivity contribution in [1.82, 2.24) is 4.90 Å². The van der Waals surface area contributed by atoms with Crippen molar-refractivity contribution >= 4 is 40.7 Å². The van der Waals surface area contributed by atoms with Crippen molar-refractivity contribution in [3.8, 4) is 0 Å². The molecule has 0 heterocycles. The average molecular weight is 383 g/mol. The monoisotopic (exact) mass is 382 g/mol. The molecule has 0 radical (unpaired) electrons. The smallest absolute Gasteiger partial charge is 0.331 e. The van der Waals surface area contributed by atoms with Crippen LogP contribution in [0.1, 0.15) is 18.9 Å². The van der Waals surface area contributed by atoms with Gasteiger partial charge in [-0.1, -0.05) is 12.1 Å². The van der Waals surface area contributed by atoms with E-state index in [9.17, 15) is 22.8 Å². The summed E-state index contributed by atoms with van der Waals surface area (Å²) in [7, 11) is 0. The fraction of sp³-hybridized carbons (Fsp3) is 0.467. The lowest BCUT2D eigenvalue weighted by Gasteiger charge is -2.22. The lowest BCUT2D eigenvalue weighted by atomic mass is 10.1. The van der Waals surface area contributed by atoms with Gasteiger partial charge < -0.3 is 10.2 Å². The van der Waals surface area contributed by atoms with Crippen molar-refractivity contribution in [3.63, 3.8) is 0 Å². The molecule has 1 fully saturated rings. The molecule has 1 atom stereocenters. The molecule has 1 aromatic carbocycles. The predicted octanol–water partition coefficient (Wildman–Crippen LogP) is 3.73. The Hall–Kier alpha value is -1.47. The second-order valence-electron chi connectivity index (χ2n) is 5.52. The van der Waals surface area contributed by atoms with E-state index >= 15 is 0 Å². The zero-order valence-electron chi connectivity index (χ0n) is 12.7. The summed E-state index contributed by atoms with van der Waals surface area (Å²) in [5.41, 5.74) is 0.870. The summed E-state index contributed by atoms with van der Waals surface area (Å²) < 4.78 is 36.6. The second-order valence-corrected chi connectivity index (χ2v) is 7.07. The van der Waals surface area contributed by atoms with Crippen LogP contribution in [0.2, 0.25) is 0 Å². The number of anilines is 1. The van der Waals surface area contributed by atoms with Gasteiger partial charge >= 0.3 is 12.1 Å². The van der Waals surface area contributed by atoms with E-state index in [1.165, 1.54) is 13.0 Å². The number of halogens is 5. The number of benzene rings is 1. The topological polar surface area (TPSA) is 49.4 Å². The fourth-order valence-electron chi connectivity index (χ4n) is 2.20. The van der Waals surface area contributed by atoms with Crippen molar-refractivity contribution < 1.29 is 22.8 Å². The van der Waals surface area contributed by atoms with Crippen LogP contribution in [0.5, 0.6) is 0 Å². The number of carbonyl (C=O) groups is 2. The van der Waals surface area contributed by atoms with Crippen LogP contribution in [0, 0.1) is 5.92 Å². The summed E-state index contributed by atoms with van der Waals surface area (Å²) in [5, 5.41) is 2.62. The Morgan fingerprint density at radius 1 is 1.38 bits per heavy atom. The number of carbonyl (C=O) groups excluding carboxylic acids is 2. The number of hydrogen-bond donors (Lipinski definition) is 1. The minimum atomic E-state index is -4.92. The summed E-state index contributed by atoms with van der Waals surface area (Å²) in [5.74, 6) is -2.76. The van der Waals surface area contributed by atoms with Crippen LogP contribution in [0.15, 0.2) is 24.3 Å². The highest BCUT2D eigenvalue weighted by Crippen LogP contribution is 2.53. The van der Waals surface area contributed by atoms with E-state index in [0.717, 1.165) is 0 Å². The highest BCUT2D eigenvalue weighted by atomic mass is 35.5. The zero-order valence-corrected chi connectivity index (χ0v) is 14.2. The van der Waals surface area contributed by atoms with Gasteiger partial charge in [0.15, 0.2) is 0 Å². The van der Waals surface area contributed by atoms with Crippen molar-refractivity contribution in [2.75, 3.05) is 11.9 Å². The zero-order chi connectivity index (χ0) is 18.1. The van der Waals surface area contributed by atoms with Crippen LogP contribution >= 0.6 is 23.2 Å². The molecular weight excluding hydrogens is 368 g/mol. The van der Waals surface area contributed by atoms with E-state index in [1.54, 1.807) is 18.2 Å². The normalized spacial score (nSPS) is 18.8. The molecule has 0 aromatic heterocycles. The van der Waals surface area contributed by atoms with E-state index in [1.807, 2.05) is 0 Å². The number of alkyl halides is 5. The Bertz CT molecular complexity index is 650. The maximum atomic E-state index is 12.5. The minimum absolute atomic E-state index is 0.0853. The van der Waals surface area contributed by atoms with Crippen LogP contribution in [0.4, 0.5) is 18.9 Å². The fourth-order valence-corrected chi connectivity index (χ4v) is 2.71. The van der Waals surface area contributed by atoms with Gasteiger partial charge in [-0.15, -0.1) is 23.2 Å². The standard InChI is InChI=1S/C15H15Cl2F3N2O2/c1-2-22(13(24)15(18,19)20)8-9-4-3-5-10(6-9)21-12(23)11-7-14(11,16)17/h3-6,11H,2,7-8H2,1H3,(H,21,23). The molecular formula is C15H15Cl2F3N2O2. The summed E-state index contributed by atoms with van der Waals surface area (Å²) in [6.07, 6.45) is -4.57. The van der Waals surface area contributed by atoms with Crippen LogP contribution in [-0.4, -0.2) is 33.8 Å². The molecule has 9 heteroatoms. The van der Waals surface area contributed by atoms with Gasteiger partial charge in [-0.25, -0.2) is 0 Å². The van der Waals surface area contributed by atoms with E-state index < -0.39 is 22.3 Å². The summed E-state index contributed by atoms with van der Waals surface area (Å²) in [6, 6.07) is 6.26. The number of rotatable bonds is 5. The number of nitrogens with one attached hydrogen (secondary N) is 1. The Morgan fingerprint density at radius 3 is 2.50 bits per heavy atom. The summed E-state index contributed by atoms with van der Waals surface area (Å²) in [6.45, 7) is 1.16. The highest BCUT2D eigenvalue weighted by Gasteiger charge is 2.56. The first-order valence-electron chi connectivity index (χ1n) is 7.18. The first kappa shape index (κ1) is 18.9. The van der Waals surface area contributed by atoms with Crippen molar-refractivity contribution in [1.29, 1.82) is 0 Å². The Balaban J connectivity index is 2.04. The van der Waals surface area contributed by atoms with Crippen LogP contribution in [0.25, 0.3) is 0 Å². The van der Waals surface area contributed by atoms with E-state index in [-0.39, 0.29) is 19.0 Å². The van der Waals surface area contributed by atoms with E-state index in [4.69, 9.17) is 23.2 Å². The van der Waals surface area contributed by atoms with E-state index in [0.29, 0.717) is 22.6 Å². The molecule has 0 bridgehead atoms. The van der Waals surface area contributed by atoms with Gasteiger partial charge in [-0.05, 0) is 31.0 Å². The van der Waals surface area contributed by atoms with Gasteiger partial charge in [0.05, 0.1) is 5.92 Å². The molecule has 1 saturated carbocycles. The lowest BCUT2D eigenvalue weighted by Crippen LogP contribution is -2.40. The van der Waals surface area contributed by atoms with Gasteiger partial charge in [-0.3, -0.25) is 9.59 Å². The number of hydrogen-bond acceptors (Lipinski definition) is 2. The number of amides is 2. The summed E-state index contributed by atoms with van der Waals surface area (Å²) >= 11 is 11.6. The van der Waals surface area contributed by atoms with Gasteiger partial charge in [0, 0.05) is 18.8 Å². The maximum Gasteiger partial charge on any atom is 0.471 e. The average Bonchev–Trinajstić information content (AvgIpc) is 3.12. The Labute approximate surface area is 146 Å². The van der Waals surface area contributed by atoms with Crippen molar-refractivity contribution in [2.45, 2.75) is 30.4 Å². The first-order valence-corrected chi connectivity index (χ1v) is 7.94. The predicted molar refractivity (Wildman–Crippen MR) is 84.8 cm³/mol. The highest BCUT2D eigenvalue weighted by molar-refractivity contribution is 6.52. The van der Waals surface area contributed by atoms with Gasteiger partial charge in [0.2, 0.25) is 5.91 Å². The first-order chi connectivity index (χ1) is 11.0. The molecule has 2 rings (SSSR count). The molecule has 1 N–H and O–H groups in total. The lowest BCUT2D eigenvalue weighted by molar-refractivity contribution is -0.185. The minimum Gasteiger partial charge on any atom is -0.331 e. The van der Waals surface area contributed by atoms with Crippen LogP contribution < -0.4 is 5.32 Å². The SMILES string of the molecule is CCN(Cc1cccc(NC(=O)C2CC2(Cl)Cl)c1)C(=O)C(F)(F)F.